The Morgan fingerprint density at radius 3 is 2.21 bits per heavy atom. The van der Waals surface area contributed by atoms with Gasteiger partial charge in [-0.15, -0.1) is 17.4 Å². The number of amides is 3. The third-order valence-corrected chi connectivity index (χ3v) is 11.4. The lowest BCUT2D eigenvalue weighted by Gasteiger charge is -2.20. The van der Waals surface area contributed by atoms with Gasteiger partial charge in [-0.05, 0) is 90.0 Å². The molecule has 0 aliphatic heterocycles. The number of carbonyl (C=O) groups is 7. The number of rotatable bonds is 37. The van der Waals surface area contributed by atoms with Gasteiger partial charge in [0, 0.05) is 101 Å². The predicted molar refractivity (Wildman–Crippen MR) is 280 cm³/mol. The SMILES string of the molecule is C#CCCCNC(=O)[C@H](CCCCNC(=O)OC(C)(C)C)CC(=O)CCn1cc(CCC(=O)CCCOCCOCCCC(=O)CC[C@H](NC(=O)c2ccc(NCc3cnc4nc(N)[nH]c(=O)c4n3)cc2)C(=O)O)nn1. The number of ether oxygens (including phenoxy) is 3. The summed E-state index contributed by atoms with van der Waals surface area (Å²) in [6.07, 6.45) is 13.1. The van der Waals surface area contributed by atoms with E-state index in [0.717, 1.165) is 0 Å². The summed E-state index contributed by atoms with van der Waals surface area (Å²) in [5, 5.41) is 29.1. The number of unbranched alkanes of at least 4 members (excludes halogenated alkanes) is 2. The van der Waals surface area contributed by atoms with Crippen molar-refractivity contribution in [3.8, 4) is 12.3 Å². The Morgan fingerprint density at radius 2 is 1.53 bits per heavy atom. The molecule has 0 saturated heterocycles. The Labute approximate surface area is 441 Å². The highest BCUT2D eigenvalue weighted by Gasteiger charge is 2.24. The Morgan fingerprint density at radius 1 is 0.829 bits per heavy atom. The van der Waals surface area contributed by atoms with E-state index in [1.54, 1.807) is 43.8 Å². The molecule has 24 nitrogen and oxygen atoms in total. The number of Topliss-reactive ketones (excluding diaryl/α,β-unsaturated/α-hetero) is 3. The van der Waals surface area contributed by atoms with Crippen molar-refractivity contribution in [3.05, 3.63) is 64.0 Å². The number of anilines is 2. The summed E-state index contributed by atoms with van der Waals surface area (Å²) in [5.74, 6) is -0.323. The van der Waals surface area contributed by atoms with Crippen LogP contribution in [0.4, 0.5) is 16.4 Å². The van der Waals surface area contributed by atoms with Crippen LogP contribution in [0.2, 0.25) is 0 Å². The molecule has 2 atom stereocenters. The number of carboxylic acids is 1. The van der Waals surface area contributed by atoms with E-state index in [1.165, 1.54) is 18.3 Å². The second kappa shape index (κ2) is 32.6. The predicted octanol–water partition coefficient (Wildman–Crippen LogP) is 4.02. The largest absolute Gasteiger partial charge is 0.480 e. The summed E-state index contributed by atoms with van der Waals surface area (Å²) >= 11 is 0. The maximum Gasteiger partial charge on any atom is 0.407 e. The number of aromatic amines is 1. The number of terminal acetylenes is 1. The average Bonchev–Trinajstić information content (AvgIpc) is 3.84. The number of alkyl carbamates (subject to hydrolysis) is 1. The molecule has 1 aromatic carbocycles. The molecule has 0 aliphatic rings. The number of nitrogens with one attached hydrogen (secondary N) is 5. The minimum absolute atomic E-state index is 0.0420. The fourth-order valence-electron chi connectivity index (χ4n) is 7.45. The molecule has 0 unspecified atom stereocenters. The first-order chi connectivity index (χ1) is 36.4. The number of benzene rings is 1. The number of nitrogen functional groups attached to an aromatic ring is 1. The smallest absolute Gasteiger partial charge is 0.407 e. The number of H-pyrrole nitrogens is 1. The molecule has 4 aromatic rings. The molecular weight excluding hydrogens is 985 g/mol. The molecule has 4 rings (SSSR count). The van der Waals surface area contributed by atoms with Gasteiger partial charge in [-0.1, -0.05) is 11.6 Å². The van der Waals surface area contributed by atoms with Crippen molar-refractivity contribution in [1.82, 2.24) is 50.9 Å². The van der Waals surface area contributed by atoms with Gasteiger partial charge in [-0.2, -0.15) is 4.98 Å². The first kappa shape index (κ1) is 60.9. The summed E-state index contributed by atoms with van der Waals surface area (Å²) in [6.45, 7) is 7.91. The quantitative estimate of drug-likeness (QED) is 0.0248. The number of hydrogen-bond donors (Lipinski definition) is 7. The number of carbonyl (C=O) groups excluding carboxylic acids is 6. The van der Waals surface area contributed by atoms with Gasteiger partial charge < -0.3 is 46.3 Å². The first-order valence-electron chi connectivity index (χ1n) is 25.6. The van der Waals surface area contributed by atoms with E-state index in [0.29, 0.717) is 114 Å². The highest BCUT2D eigenvalue weighted by molar-refractivity contribution is 5.97. The van der Waals surface area contributed by atoms with Crippen LogP contribution in [0.3, 0.4) is 0 Å². The van der Waals surface area contributed by atoms with Crippen LogP contribution in [-0.4, -0.2) is 132 Å². The molecule has 3 aromatic heterocycles. The maximum absolute atomic E-state index is 13.0. The van der Waals surface area contributed by atoms with Crippen molar-refractivity contribution in [1.29, 1.82) is 0 Å². The van der Waals surface area contributed by atoms with Crippen molar-refractivity contribution in [2.75, 3.05) is 50.6 Å². The number of aliphatic carboxylic acids is 1. The zero-order chi connectivity index (χ0) is 55.3. The summed E-state index contributed by atoms with van der Waals surface area (Å²) in [5.41, 5.74) is 6.53. The van der Waals surface area contributed by atoms with Crippen molar-refractivity contribution in [3.63, 3.8) is 0 Å². The minimum Gasteiger partial charge on any atom is -0.480 e. The standard InChI is InChI=1S/C52H72N12O12/c1-5-6-8-24-54-46(68)36(12-7-9-25-55-51(73)76-52(2,3)4)31-42(67)23-26-64-34-38(62-63-64)19-20-40(65)13-10-27-74-29-30-75-28-11-14-41(66)21-22-43(49(71)72)59-47(69)35-15-17-37(18-16-35)56-32-39-33-57-45-44(58-39)48(70)61-50(53)60-45/h1,15-18,33-34,36,43,56H,6-14,19-32H2,2-4H3,(H,54,68)(H,55,73)(H,59,69)(H,71,72)(H3,53,57,60,61,70)/t36-,43+/m1/s1. The number of hydrogen-bond acceptors (Lipinski definition) is 18. The van der Waals surface area contributed by atoms with Gasteiger partial charge in [-0.3, -0.25) is 38.4 Å². The molecule has 0 bridgehead atoms. The monoisotopic (exact) mass is 1060 g/mol. The van der Waals surface area contributed by atoms with E-state index in [4.69, 9.17) is 26.4 Å². The Hall–Kier alpha value is -7.65. The lowest BCUT2D eigenvalue weighted by atomic mass is 9.94. The minimum atomic E-state index is -1.27. The summed E-state index contributed by atoms with van der Waals surface area (Å²) < 4.78 is 18.0. The normalized spacial score (nSPS) is 12.0. The zero-order valence-electron chi connectivity index (χ0n) is 43.7. The highest BCUT2D eigenvalue weighted by Crippen LogP contribution is 2.17. The first-order valence-corrected chi connectivity index (χ1v) is 25.6. The van der Waals surface area contributed by atoms with Gasteiger partial charge in [0.25, 0.3) is 11.5 Å². The van der Waals surface area contributed by atoms with Gasteiger partial charge in [0.1, 0.15) is 29.0 Å². The lowest BCUT2D eigenvalue weighted by molar-refractivity contribution is -0.139. The second-order valence-corrected chi connectivity index (χ2v) is 19.0. The van der Waals surface area contributed by atoms with E-state index in [2.05, 4.69) is 57.4 Å². The number of aromatic nitrogens is 7. The van der Waals surface area contributed by atoms with E-state index in [9.17, 15) is 43.5 Å². The molecule has 0 aliphatic carbocycles. The lowest BCUT2D eigenvalue weighted by Crippen LogP contribution is -2.41. The number of ketones is 3. The second-order valence-electron chi connectivity index (χ2n) is 19.0. The number of carboxylic acid groups (broad SMARTS) is 1. The van der Waals surface area contributed by atoms with Crippen molar-refractivity contribution in [2.45, 2.75) is 142 Å². The molecule has 412 valence electrons. The summed E-state index contributed by atoms with van der Waals surface area (Å²) in [6, 6.07) is 5.02. The molecule has 3 amide bonds. The van der Waals surface area contributed by atoms with Gasteiger partial charge in [-0.25, -0.2) is 19.6 Å². The average molecular weight is 1060 g/mol. The molecule has 3 heterocycles. The zero-order valence-corrected chi connectivity index (χ0v) is 43.7. The van der Waals surface area contributed by atoms with Crippen molar-refractivity contribution in [2.24, 2.45) is 5.92 Å². The van der Waals surface area contributed by atoms with Crippen LogP contribution in [0.1, 0.15) is 132 Å². The number of nitrogens with zero attached hydrogens (tertiary/aromatic N) is 6. The molecular formula is C52H72N12O12. The molecule has 24 heteroatoms. The van der Waals surface area contributed by atoms with Crippen LogP contribution in [0, 0.1) is 18.3 Å². The van der Waals surface area contributed by atoms with E-state index in [1.807, 2.05) is 0 Å². The van der Waals surface area contributed by atoms with Gasteiger partial charge >= 0.3 is 12.1 Å². The van der Waals surface area contributed by atoms with Crippen molar-refractivity contribution >= 4 is 64.0 Å². The Balaban J connectivity index is 1.01. The van der Waals surface area contributed by atoms with Crippen LogP contribution in [0.5, 0.6) is 0 Å². The number of fused-ring (bicyclic) bond motifs is 1. The third-order valence-electron chi connectivity index (χ3n) is 11.4. The number of nitrogens with two attached hydrogens (primary N) is 1. The Kier molecular flexibility index (Phi) is 26.1. The van der Waals surface area contributed by atoms with Crippen LogP contribution in [-0.2, 0) is 57.7 Å². The molecule has 0 saturated carbocycles. The fraction of sp³-hybridized carbons (Fsp3) is 0.558. The molecule has 0 fully saturated rings. The van der Waals surface area contributed by atoms with E-state index >= 15 is 0 Å². The van der Waals surface area contributed by atoms with Crippen molar-refractivity contribution < 1.29 is 52.9 Å². The molecule has 0 radical (unpaired) electrons. The summed E-state index contributed by atoms with van der Waals surface area (Å²) in [7, 11) is 0. The summed E-state index contributed by atoms with van der Waals surface area (Å²) in [4.78, 5) is 115. The molecule has 76 heavy (non-hydrogen) atoms. The van der Waals surface area contributed by atoms with Crippen LogP contribution in [0.15, 0.2) is 41.5 Å². The van der Waals surface area contributed by atoms with Gasteiger partial charge in [0.05, 0.1) is 37.3 Å². The van der Waals surface area contributed by atoms with E-state index < -0.39 is 41.1 Å². The van der Waals surface area contributed by atoms with Crippen LogP contribution < -0.4 is 32.6 Å². The third kappa shape index (κ3) is 24.1. The molecule has 8 N–H and O–H groups in total. The number of aryl methyl sites for hydroxylation is 2. The van der Waals surface area contributed by atoms with Crippen LogP contribution >= 0.6 is 0 Å². The fourth-order valence-corrected chi connectivity index (χ4v) is 7.45. The van der Waals surface area contributed by atoms with Gasteiger partial charge in [0.2, 0.25) is 11.9 Å². The topological polar surface area (TPSA) is 344 Å². The van der Waals surface area contributed by atoms with Crippen LogP contribution in [0.25, 0.3) is 11.2 Å². The highest BCUT2D eigenvalue weighted by atomic mass is 16.6. The Bertz CT molecular complexity index is 2640. The van der Waals surface area contributed by atoms with Gasteiger partial charge in [0.15, 0.2) is 11.2 Å². The molecule has 0 spiro atoms. The maximum atomic E-state index is 13.0. The van der Waals surface area contributed by atoms with E-state index in [-0.39, 0.29) is 97.5 Å².